The van der Waals surface area contributed by atoms with E-state index in [-0.39, 0.29) is 17.1 Å². The molecule has 0 radical (unpaired) electrons. The van der Waals surface area contributed by atoms with Gasteiger partial charge in [0.2, 0.25) is 5.95 Å². The van der Waals surface area contributed by atoms with Gasteiger partial charge in [-0.1, -0.05) is 30.3 Å². The molecule has 3 aromatic rings. The number of aliphatic hydroxyl groups is 3. The minimum atomic E-state index is -1.32. The van der Waals surface area contributed by atoms with Crippen LogP contribution in [0, 0.1) is 0 Å². The molecule has 5 N–H and O–H groups in total. The number of nitrogens with one attached hydrogen (secondary N) is 2. The summed E-state index contributed by atoms with van der Waals surface area (Å²) < 4.78 is 7.03. The second-order valence-electron chi connectivity index (χ2n) is 6.28. The monoisotopic (exact) mass is 373 g/mol. The van der Waals surface area contributed by atoms with E-state index < -0.39 is 36.7 Å². The highest BCUT2D eigenvalue weighted by molar-refractivity contribution is 5.73. The average Bonchev–Trinajstić information content (AvgIpc) is 3.19. The van der Waals surface area contributed by atoms with Crippen LogP contribution in [0.5, 0.6) is 0 Å². The average molecular weight is 373 g/mol. The number of hydrogen-bond donors (Lipinski definition) is 5. The van der Waals surface area contributed by atoms with Crippen molar-refractivity contribution in [2.75, 3.05) is 11.9 Å². The van der Waals surface area contributed by atoms with Crippen molar-refractivity contribution in [1.29, 1.82) is 0 Å². The predicted octanol–water partition coefficient (Wildman–Crippen LogP) is -0.657. The van der Waals surface area contributed by atoms with Gasteiger partial charge in [-0.25, -0.2) is 9.97 Å². The molecule has 1 fully saturated rings. The van der Waals surface area contributed by atoms with Crippen LogP contribution in [0.2, 0.25) is 0 Å². The number of hydrogen-bond acceptors (Lipinski definition) is 8. The standard InChI is InChI=1S/C17H19N5O5/c23-7-10-12(24)13(25)16(27-10)22-14-11(15(26)20-8-19-14)21-17(22)18-6-9-4-2-1-3-5-9/h1-5,8,10,12-13,16,23-25H,6-7H2,(H,18,21)(H,19,20,26)/t10-,12+,13-,16+/m0/s1. The number of aliphatic hydroxyl groups excluding tert-OH is 3. The van der Waals surface area contributed by atoms with E-state index in [9.17, 15) is 20.1 Å². The number of fused-ring (bicyclic) bond motifs is 1. The second-order valence-corrected chi connectivity index (χ2v) is 6.28. The third-order valence-corrected chi connectivity index (χ3v) is 4.55. The third kappa shape index (κ3) is 3.08. The van der Waals surface area contributed by atoms with Crippen LogP contribution >= 0.6 is 0 Å². The molecule has 4 atom stereocenters. The predicted molar refractivity (Wildman–Crippen MR) is 94.9 cm³/mol. The largest absolute Gasteiger partial charge is 0.394 e. The van der Waals surface area contributed by atoms with Crippen molar-refractivity contribution < 1.29 is 20.1 Å². The van der Waals surface area contributed by atoms with Crippen molar-refractivity contribution in [2.24, 2.45) is 0 Å². The molecule has 0 unspecified atom stereocenters. The van der Waals surface area contributed by atoms with Crippen LogP contribution in [-0.4, -0.2) is 59.8 Å². The van der Waals surface area contributed by atoms with E-state index in [2.05, 4.69) is 20.3 Å². The number of anilines is 1. The van der Waals surface area contributed by atoms with Gasteiger partial charge >= 0.3 is 0 Å². The fraction of sp³-hybridized carbons (Fsp3) is 0.353. The molecule has 10 nitrogen and oxygen atoms in total. The fourth-order valence-corrected chi connectivity index (χ4v) is 3.16. The van der Waals surface area contributed by atoms with Gasteiger partial charge in [-0.3, -0.25) is 9.36 Å². The molecule has 0 amide bonds. The van der Waals surface area contributed by atoms with Crippen molar-refractivity contribution in [1.82, 2.24) is 19.5 Å². The van der Waals surface area contributed by atoms with Gasteiger partial charge < -0.3 is 30.4 Å². The lowest BCUT2D eigenvalue weighted by Crippen LogP contribution is -2.33. The Bertz CT molecular complexity index is 988. The van der Waals surface area contributed by atoms with Crippen LogP contribution in [0.25, 0.3) is 11.2 Å². The zero-order valence-corrected chi connectivity index (χ0v) is 14.2. The highest BCUT2D eigenvalue weighted by Gasteiger charge is 2.45. The van der Waals surface area contributed by atoms with E-state index in [1.54, 1.807) is 0 Å². The first-order valence-electron chi connectivity index (χ1n) is 8.46. The van der Waals surface area contributed by atoms with Crippen LogP contribution in [0.3, 0.4) is 0 Å². The molecule has 1 aromatic carbocycles. The van der Waals surface area contributed by atoms with Crippen LogP contribution in [0.4, 0.5) is 5.95 Å². The molecule has 0 saturated carbocycles. The fourth-order valence-electron chi connectivity index (χ4n) is 3.16. The Kier molecular flexibility index (Phi) is 4.62. The van der Waals surface area contributed by atoms with E-state index in [0.29, 0.717) is 6.54 Å². The minimum Gasteiger partial charge on any atom is -0.394 e. The number of rotatable bonds is 5. The minimum absolute atomic E-state index is 0.0748. The third-order valence-electron chi connectivity index (χ3n) is 4.55. The zero-order chi connectivity index (χ0) is 19.0. The van der Waals surface area contributed by atoms with Gasteiger partial charge in [0.15, 0.2) is 17.4 Å². The number of H-pyrrole nitrogens is 1. The van der Waals surface area contributed by atoms with Gasteiger partial charge in [-0.2, -0.15) is 0 Å². The quantitative estimate of drug-likeness (QED) is 0.396. The van der Waals surface area contributed by atoms with Gasteiger partial charge in [-0.15, -0.1) is 0 Å². The van der Waals surface area contributed by atoms with Crippen LogP contribution in [-0.2, 0) is 11.3 Å². The first-order chi connectivity index (χ1) is 13.1. The molecule has 3 heterocycles. The molecular formula is C17H19N5O5. The molecular weight excluding hydrogens is 354 g/mol. The molecule has 0 bridgehead atoms. The van der Waals surface area contributed by atoms with Crippen molar-refractivity contribution in [3.8, 4) is 0 Å². The Morgan fingerprint density at radius 1 is 1.22 bits per heavy atom. The molecule has 142 valence electrons. The van der Waals surface area contributed by atoms with Gasteiger partial charge in [0.05, 0.1) is 12.9 Å². The number of benzene rings is 1. The Balaban J connectivity index is 1.76. The Morgan fingerprint density at radius 2 is 2.00 bits per heavy atom. The molecule has 0 aliphatic carbocycles. The second kappa shape index (κ2) is 7.08. The Labute approximate surface area is 153 Å². The number of aromatic nitrogens is 4. The summed E-state index contributed by atoms with van der Waals surface area (Å²) in [6.45, 7) is -0.0426. The van der Waals surface area contributed by atoms with Gasteiger partial charge in [0.1, 0.15) is 18.3 Å². The van der Waals surface area contributed by atoms with Crippen molar-refractivity contribution in [3.63, 3.8) is 0 Å². The maximum Gasteiger partial charge on any atom is 0.278 e. The number of imidazole rings is 1. The SMILES string of the molecule is O=c1[nH]cnc2c1nc(NCc1ccccc1)n2[C@@H]1O[C@@H](CO)[C@@H](O)[C@@H]1O. The molecule has 2 aromatic heterocycles. The van der Waals surface area contributed by atoms with Gasteiger partial charge in [-0.05, 0) is 5.56 Å². The van der Waals surface area contributed by atoms with Crippen LogP contribution < -0.4 is 10.9 Å². The molecule has 1 saturated heterocycles. The van der Waals surface area contributed by atoms with Crippen LogP contribution in [0.1, 0.15) is 11.8 Å². The summed E-state index contributed by atoms with van der Waals surface area (Å²) in [5.41, 5.74) is 0.822. The Morgan fingerprint density at radius 3 is 2.70 bits per heavy atom. The molecule has 1 aliphatic rings. The van der Waals surface area contributed by atoms with Crippen LogP contribution in [0.15, 0.2) is 41.5 Å². The molecule has 0 spiro atoms. The first kappa shape index (κ1) is 17.6. The summed E-state index contributed by atoms with van der Waals surface area (Å²) in [6.07, 6.45) is -3.38. The van der Waals surface area contributed by atoms with E-state index in [0.717, 1.165) is 5.56 Å². The summed E-state index contributed by atoms with van der Waals surface area (Å²) in [4.78, 5) is 23.0. The normalized spacial score (nSPS) is 25.1. The molecule has 1 aliphatic heterocycles. The van der Waals surface area contributed by atoms with Crippen molar-refractivity contribution in [2.45, 2.75) is 31.1 Å². The highest BCUT2D eigenvalue weighted by Crippen LogP contribution is 2.33. The number of ether oxygens (including phenoxy) is 1. The summed E-state index contributed by atoms with van der Waals surface area (Å²) >= 11 is 0. The zero-order valence-electron chi connectivity index (χ0n) is 14.2. The smallest absolute Gasteiger partial charge is 0.278 e. The van der Waals surface area contributed by atoms with Gasteiger partial charge in [0.25, 0.3) is 5.56 Å². The highest BCUT2D eigenvalue weighted by atomic mass is 16.6. The summed E-state index contributed by atoms with van der Waals surface area (Å²) in [5, 5.41) is 32.9. The van der Waals surface area contributed by atoms with E-state index in [4.69, 9.17) is 4.74 Å². The van der Waals surface area contributed by atoms with Crippen molar-refractivity contribution in [3.05, 3.63) is 52.6 Å². The van der Waals surface area contributed by atoms with Gasteiger partial charge in [0, 0.05) is 6.54 Å². The summed E-state index contributed by atoms with van der Waals surface area (Å²) in [7, 11) is 0. The number of aromatic amines is 1. The summed E-state index contributed by atoms with van der Waals surface area (Å²) in [5.74, 6) is 0.257. The maximum absolute atomic E-state index is 12.1. The Hall–Kier alpha value is -2.79. The molecule has 10 heteroatoms. The maximum atomic E-state index is 12.1. The van der Waals surface area contributed by atoms with E-state index in [1.807, 2.05) is 30.3 Å². The number of nitrogens with zero attached hydrogens (tertiary/aromatic N) is 3. The molecule has 27 heavy (non-hydrogen) atoms. The molecule has 4 rings (SSSR count). The lowest BCUT2D eigenvalue weighted by Gasteiger charge is -2.19. The van der Waals surface area contributed by atoms with Crippen molar-refractivity contribution >= 4 is 17.1 Å². The van der Waals surface area contributed by atoms with E-state index >= 15 is 0 Å². The van der Waals surface area contributed by atoms with E-state index in [1.165, 1.54) is 10.9 Å². The lowest BCUT2D eigenvalue weighted by atomic mass is 10.1. The topological polar surface area (TPSA) is 146 Å². The summed E-state index contributed by atoms with van der Waals surface area (Å²) in [6, 6.07) is 9.56. The lowest BCUT2D eigenvalue weighted by molar-refractivity contribution is -0.0501. The first-order valence-corrected chi connectivity index (χ1v) is 8.46.